The van der Waals surface area contributed by atoms with E-state index in [1.807, 2.05) is 6.07 Å². The quantitative estimate of drug-likeness (QED) is 0.769. The van der Waals surface area contributed by atoms with E-state index in [1.54, 1.807) is 18.1 Å². The van der Waals surface area contributed by atoms with Gasteiger partial charge in [-0.15, -0.1) is 5.10 Å². The van der Waals surface area contributed by atoms with Crippen LogP contribution in [0.25, 0.3) is 0 Å². The van der Waals surface area contributed by atoms with Gasteiger partial charge in [0.15, 0.2) is 5.69 Å². The molecular weight excluding hydrogens is 286 g/mol. The Morgan fingerprint density at radius 3 is 3.00 bits per heavy atom. The summed E-state index contributed by atoms with van der Waals surface area (Å²) in [6.45, 7) is 0.971. The van der Waals surface area contributed by atoms with Crippen LogP contribution in [0.15, 0.2) is 18.6 Å². The van der Waals surface area contributed by atoms with Crippen LogP contribution in [0.4, 0.5) is 0 Å². The number of nitrogens with zero attached hydrogens (tertiary/aromatic N) is 7. The molecule has 0 aliphatic carbocycles. The van der Waals surface area contributed by atoms with Crippen molar-refractivity contribution in [1.29, 1.82) is 5.26 Å². The minimum Gasteiger partial charge on any atom is -0.470 e. The van der Waals surface area contributed by atoms with Crippen molar-refractivity contribution in [3.05, 3.63) is 30.0 Å². The minimum absolute atomic E-state index is 0.140. The second-order valence-corrected chi connectivity index (χ2v) is 4.88. The third kappa shape index (κ3) is 2.71. The van der Waals surface area contributed by atoms with Crippen molar-refractivity contribution in [1.82, 2.24) is 29.9 Å². The summed E-state index contributed by atoms with van der Waals surface area (Å²) in [7, 11) is 1.71. The molecule has 0 aromatic carbocycles. The van der Waals surface area contributed by atoms with Gasteiger partial charge in [0, 0.05) is 32.4 Å². The second kappa shape index (κ2) is 5.77. The molecule has 1 aliphatic heterocycles. The topological polar surface area (TPSA) is 110 Å². The summed E-state index contributed by atoms with van der Waals surface area (Å²) in [5, 5.41) is 16.5. The first-order valence-electron chi connectivity index (χ1n) is 6.70. The van der Waals surface area contributed by atoms with E-state index in [1.165, 1.54) is 17.1 Å². The zero-order chi connectivity index (χ0) is 15.5. The van der Waals surface area contributed by atoms with Gasteiger partial charge in [0.25, 0.3) is 11.8 Å². The Hall–Kier alpha value is -3.02. The Labute approximate surface area is 126 Å². The highest BCUT2D eigenvalue weighted by atomic mass is 16.5. The Morgan fingerprint density at radius 1 is 1.45 bits per heavy atom. The number of hydrogen-bond donors (Lipinski definition) is 0. The SMILES string of the molecule is Cn1cc(C(=O)N2CCC(Oc3nccnc3C#N)C2)nn1. The molecule has 3 rings (SSSR count). The molecule has 1 amide bonds. The predicted octanol–water partition coefficient (Wildman–Crippen LogP) is -0.230. The van der Waals surface area contributed by atoms with Crippen molar-refractivity contribution in [2.24, 2.45) is 7.05 Å². The Morgan fingerprint density at radius 2 is 2.27 bits per heavy atom. The minimum atomic E-state index is -0.218. The number of hydrogen-bond acceptors (Lipinski definition) is 7. The average molecular weight is 299 g/mol. The van der Waals surface area contributed by atoms with Gasteiger partial charge < -0.3 is 9.64 Å². The maximum Gasteiger partial charge on any atom is 0.276 e. The first-order valence-corrected chi connectivity index (χ1v) is 6.70. The Bertz CT molecular complexity index is 736. The van der Waals surface area contributed by atoms with E-state index in [2.05, 4.69) is 20.3 Å². The van der Waals surface area contributed by atoms with Gasteiger partial charge in [-0.05, 0) is 0 Å². The number of aryl methyl sites for hydroxylation is 1. The van der Waals surface area contributed by atoms with Crippen molar-refractivity contribution in [2.45, 2.75) is 12.5 Å². The van der Waals surface area contributed by atoms with E-state index in [-0.39, 0.29) is 23.6 Å². The summed E-state index contributed by atoms with van der Waals surface area (Å²) < 4.78 is 7.17. The van der Waals surface area contributed by atoms with Gasteiger partial charge in [-0.2, -0.15) is 5.26 Å². The van der Waals surface area contributed by atoms with Crippen molar-refractivity contribution in [3.8, 4) is 11.9 Å². The van der Waals surface area contributed by atoms with Crippen LogP contribution in [-0.4, -0.2) is 55.0 Å². The normalized spacial score (nSPS) is 17.3. The van der Waals surface area contributed by atoms with Crippen LogP contribution in [0.2, 0.25) is 0 Å². The monoisotopic (exact) mass is 299 g/mol. The zero-order valence-corrected chi connectivity index (χ0v) is 11.9. The highest BCUT2D eigenvalue weighted by molar-refractivity contribution is 5.92. The summed E-state index contributed by atoms with van der Waals surface area (Å²) in [6, 6.07) is 1.93. The third-order valence-corrected chi connectivity index (χ3v) is 3.30. The number of nitriles is 1. The molecule has 1 saturated heterocycles. The summed E-state index contributed by atoms with van der Waals surface area (Å²) in [5.41, 5.74) is 0.446. The molecule has 9 nitrogen and oxygen atoms in total. The molecule has 0 saturated carbocycles. The predicted molar refractivity (Wildman–Crippen MR) is 72.7 cm³/mol. The highest BCUT2D eigenvalue weighted by Crippen LogP contribution is 2.19. The molecule has 0 N–H and O–H groups in total. The number of rotatable bonds is 3. The van der Waals surface area contributed by atoms with Crippen LogP contribution in [0.5, 0.6) is 5.88 Å². The van der Waals surface area contributed by atoms with Gasteiger partial charge in [0.1, 0.15) is 12.2 Å². The highest BCUT2D eigenvalue weighted by Gasteiger charge is 2.30. The number of aromatic nitrogens is 5. The first-order chi connectivity index (χ1) is 10.7. The number of amides is 1. The molecule has 0 spiro atoms. The standard InChI is InChI=1S/C13H13N7O2/c1-19-8-11(17-18-19)13(21)20-5-2-9(7-20)22-12-10(6-14)15-3-4-16-12/h3-4,8-9H,2,5,7H2,1H3. The lowest BCUT2D eigenvalue weighted by molar-refractivity contribution is 0.0765. The van der Waals surface area contributed by atoms with Gasteiger partial charge >= 0.3 is 0 Å². The summed E-state index contributed by atoms with van der Waals surface area (Å²) in [5.74, 6) is 0.0163. The van der Waals surface area contributed by atoms with E-state index in [0.717, 1.165) is 0 Å². The van der Waals surface area contributed by atoms with E-state index in [0.29, 0.717) is 25.2 Å². The zero-order valence-electron chi connectivity index (χ0n) is 11.9. The van der Waals surface area contributed by atoms with Gasteiger partial charge in [-0.25, -0.2) is 9.97 Å². The second-order valence-electron chi connectivity index (χ2n) is 4.88. The lowest BCUT2D eigenvalue weighted by Gasteiger charge is -2.15. The molecule has 3 heterocycles. The van der Waals surface area contributed by atoms with E-state index < -0.39 is 0 Å². The Balaban J connectivity index is 1.65. The van der Waals surface area contributed by atoms with Crippen molar-refractivity contribution in [3.63, 3.8) is 0 Å². The van der Waals surface area contributed by atoms with Crippen LogP contribution in [-0.2, 0) is 7.05 Å². The molecule has 1 atom stereocenters. The fraction of sp³-hybridized carbons (Fsp3) is 0.385. The molecule has 22 heavy (non-hydrogen) atoms. The number of ether oxygens (including phenoxy) is 1. The molecule has 1 fully saturated rings. The van der Waals surface area contributed by atoms with Crippen molar-refractivity contribution < 1.29 is 9.53 Å². The van der Waals surface area contributed by atoms with Gasteiger partial charge in [-0.3, -0.25) is 9.48 Å². The summed E-state index contributed by atoms with van der Waals surface area (Å²) >= 11 is 0. The van der Waals surface area contributed by atoms with Crippen LogP contribution in [0, 0.1) is 11.3 Å². The fourth-order valence-electron chi connectivity index (χ4n) is 2.26. The lowest BCUT2D eigenvalue weighted by Crippen LogP contribution is -2.31. The van der Waals surface area contributed by atoms with Crippen molar-refractivity contribution >= 4 is 5.91 Å². The molecule has 0 radical (unpaired) electrons. The van der Waals surface area contributed by atoms with Crippen LogP contribution in [0.1, 0.15) is 22.6 Å². The van der Waals surface area contributed by atoms with E-state index >= 15 is 0 Å². The number of carbonyl (C=O) groups excluding carboxylic acids is 1. The Kier molecular flexibility index (Phi) is 3.65. The number of likely N-dealkylation sites (tertiary alicyclic amines) is 1. The van der Waals surface area contributed by atoms with Crippen LogP contribution >= 0.6 is 0 Å². The molecule has 112 valence electrons. The number of carbonyl (C=O) groups is 1. The summed E-state index contributed by atoms with van der Waals surface area (Å²) in [6.07, 6.45) is 4.92. The van der Waals surface area contributed by atoms with Crippen LogP contribution < -0.4 is 4.74 Å². The van der Waals surface area contributed by atoms with E-state index in [4.69, 9.17) is 10.00 Å². The molecule has 2 aromatic heterocycles. The maximum absolute atomic E-state index is 12.3. The van der Waals surface area contributed by atoms with Crippen molar-refractivity contribution in [2.75, 3.05) is 13.1 Å². The molecule has 0 bridgehead atoms. The average Bonchev–Trinajstić information content (AvgIpc) is 3.16. The molecule has 2 aromatic rings. The van der Waals surface area contributed by atoms with Gasteiger partial charge in [-0.1, -0.05) is 5.21 Å². The van der Waals surface area contributed by atoms with E-state index in [9.17, 15) is 4.79 Å². The molecule has 9 heteroatoms. The van der Waals surface area contributed by atoms with Gasteiger partial charge in [0.05, 0.1) is 12.7 Å². The maximum atomic E-state index is 12.3. The smallest absolute Gasteiger partial charge is 0.276 e. The molecule has 1 unspecified atom stereocenters. The first kappa shape index (κ1) is 13.9. The summed E-state index contributed by atoms with van der Waals surface area (Å²) in [4.78, 5) is 21.8. The largest absolute Gasteiger partial charge is 0.470 e. The third-order valence-electron chi connectivity index (χ3n) is 3.30. The fourth-order valence-corrected chi connectivity index (χ4v) is 2.26. The lowest BCUT2D eigenvalue weighted by atomic mass is 10.3. The van der Waals surface area contributed by atoms with Gasteiger partial charge in [0.2, 0.25) is 5.69 Å². The van der Waals surface area contributed by atoms with Crippen LogP contribution in [0.3, 0.4) is 0 Å². The molecular formula is C13H13N7O2. The molecule has 1 aliphatic rings.